The highest BCUT2D eigenvalue weighted by molar-refractivity contribution is 5.80. The Hall–Kier alpha value is -1.61. The Morgan fingerprint density at radius 1 is 1.00 bits per heavy atom. The van der Waals surface area contributed by atoms with Crippen LogP contribution in [0.15, 0.2) is 17.7 Å². The van der Waals surface area contributed by atoms with Crippen molar-refractivity contribution in [3.63, 3.8) is 0 Å². The van der Waals surface area contributed by atoms with Gasteiger partial charge in [-0.2, -0.15) is 0 Å². The third kappa shape index (κ3) is 6.18. The molecule has 3 nitrogen and oxygen atoms in total. The predicted octanol–water partition coefficient (Wildman–Crippen LogP) is 6.47. The minimum absolute atomic E-state index is 0.00296. The van der Waals surface area contributed by atoms with Crippen LogP contribution in [0.25, 0.3) is 5.57 Å². The molecule has 0 heterocycles. The van der Waals surface area contributed by atoms with Gasteiger partial charge in [0.15, 0.2) is 0 Å². The largest absolute Gasteiger partial charge is 0.480 e. The summed E-state index contributed by atoms with van der Waals surface area (Å²) in [4.78, 5) is 11.6. The quantitative estimate of drug-likeness (QED) is 0.594. The Balaban J connectivity index is 4.04. The van der Waals surface area contributed by atoms with Gasteiger partial charge >= 0.3 is 5.97 Å². The Morgan fingerprint density at radius 2 is 1.52 bits per heavy atom. The van der Waals surface area contributed by atoms with Gasteiger partial charge in [-0.1, -0.05) is 86.9 Å². The van der Waals surface area contributed by atoms with Gasteiger partial charge in [0.05, 0.1) is 0 Å². The maximum Gasteiger partial charge on any atom is 0.320 e. The van der Waals surface area contributed by atoms with E-state index in [4.69, 9.17) is 5.73 Å². The van der Waals surface area contributed by atoms with Crippen LogP contribution in [0, 0.1) is 5.41 Å². The first kappa shape index (κ1) is 25.4. The van der Waals surface area contributed by atoms with E-state index in [1.807, 2.05) is 0 Å². The minimum Gasteiger partial charge on any atom is -0.480 e. The summed E-state index contributed by atoms with van der Waals surface area (Å²) in [5.41, 5.74) is 13.3. The molecule has 0 saturated carbocycles. The third-order valence-electron chi connectivity index (χ3n) is 5.92. The molecule has 3 N–H and O–H groups in total. The van der Waals surface area contributed by atoms with Crippen LogP contribution in [0.4, 0.5) is 0 Å². The Bertz CT molecular complexity index is 781. The molecule has 1 unspecified atom stereocenters. The molecular weight excluding hydrogens is 358 g/mol. The number of nitrogens with two attached hydrogens (primary N) is 1. The molecule has 0 amide bonds. The van der Waals surface area contributed by atoms with Crippen molar-refractivity contribution in [3.8, 4) is 0 Å². The molecule has 164 valence electrons. The molecule has 29 heavy (non-hydrogen) atoms. The van der Waals surface area contributed by atoms with E-state index < -0.39 is 12.0 Å². The van der Waals surface area contributed by atoms with Crippen molar-refractivity contribution < 1.29 is 9.90 Å². The first-order valence-electron chi connectivity index (χ1n) is 10.8. The fourth-order valence-corrected chi connectivity index (χ4v) is 3.65. The highest BCUT2D eigenvalue weighted by Gasteiger charge is 2.29. The molecule has 0 fully saturated rings. The van der Waals surface area contributed by atoms with Gasteiger partial charge in [-0.05, 0) is 63.8 Å². The summed E-state index contributed by atoms with van der Waals surface area (Å²) >= 11 is 0. The Morgan fingerprint density at radius 3 is 1.86 bits per heavy atom. The van der Waals surface area contributed by atoms with Crippen LogP contribution >= 0.6 is 0 Å². The Kier molecular flexibility index (Phi) is 7.57. The molecule has 0 saturated heterocycles. The highest BCUT2D eigenvalue weighted by Crippen LogP contribution is 2.41. The molecule has 0 spiro atoms. The zero-order valence-electron chi connectivity index (χ0n) is 20.6. The molecular formula is C26H43NO2. The van der Waals surface area contributed by atoms with Crippen LogP contribution in [0.3, 0.4) is 0 Å². The number of benzene rings is 1. The van der Waals surface area contributed by atoms with Gasteiger partial charge in [0.1, 0.15) is 6.04 Å². The second-order valence-corrected chi connectivity index (χ2v) is 11.4. The molecule has 1 aromatic rings. The van der Waals surface area contributed by atoms with E-state index in [0.29, 0.717) is 6.42 Å². The van der Waals surface area contributed by atoms with E-state index in [-0.39, 0.29) is 16.2 Å². The molecule has 0 aliphatic rings. The van der Waals surface area contributed by atoms with Crippen LogP contribution in [0.5, 0.6) is 0 Å². The second kappa shape index (κ2) is 8.63. The van der Waals surface area contributed by atoms with Crippen molar-refractivity contribution in [1.82, 2.24) is 0 Å². The fraction of sp³-hybridized carbons (Fsp3) is 0.654. The zero-order chi connectivity index (χ0) is 22.9. The number of hydrogen-bond acceptors (Lipinski definition) is 2. The molecule has 0 aliphatic carbocycles. The number of rotatable bonds is 5. The summed E-state index contributed by atoms with van der Waals surface area (Å²) < 4.78 is 0. The van der Waals surface area contributed by atoms with Gasteiger partial charge in [0.25, 0.3) is 0 Å². The average molecular weight is 402 g/mol. The zero-order valence-corrected chi connectivity index (χ0v) is 20.6. The molecule has 3 heteroatoms. The van der Waals surface area contributed by atoms with Crippen molar-refractivity contribution in [2.24, 2.45) is 11.1 Å². The smallest absolute Gasteiger partial charge is 0.320 e. The standard InChI is InChI=1S/C26H43NO2/c1-12-18-20(13-17(25(6,7)8)14-21(18)26(9,10)11)19(15-22(27)23(28)29)16(2)24(3,4)5/h13-14,22H,12,15,27H2,1-11H3,(H,28,29)/b19-16+. The summed E-state index contributed by atoms with van der Waals surface area (Å²) in [6.45, 7) is 24.3. The van der Waals surface area contributed by atoms with Gasteiger partial charge < -0.3 is 10.8 Å². The van der Waals surface area contributed by atoms with E-state index in [1.54, 1.807) is 0 Å². The van der Waals surface area contributed by atoms with Crippen LogP contribution in [-0.4, -0.2) is 17.1 Å². The number of carboxylic acid groups (broad SMARTS) is 1. The lowest BCUT2D eigenvalue weighted by Crippen LogP contribution is -2.31. The van der Waals surface area contributed by atoms with E-state index in [2.05, 4.69) is 88.3 Å². The molecule has 0 aromatic heterocycles. The number of carboxylic acids is 1. The molecule has 0 bridgehead atoms. The van der Waals surface area contributed by atoms with Crippen molar-refractivity contribution in [3.05, 3.63) is 40.0 Å². The van der Waals surface area contributed by atoms with Gasteiger partial charge in [0.2, 0.25) is 0 Å². The first-order valence-corrected chi connectivity index (χ1v) is 10.8. The predicted molar refractivity (Wildman–Crippen MR) is 125 cm³/mol. The highest BCUT2D eigenvalue weighted by atomic mass is 16.4. The molecule has 1 aromatic carbocycles. The first-order chi connectivity index (χ1) is 12.9. The molecule has 0 aliphatic heterocycles. The molecule has 1 atom stereocenters. The number of carbonyl (C=O) groups is 1. The van der Waals surface area contributed by atoms with E-state index in [9.17, 15) is 9.90 Å². The van der Waals surface area contributed by atoms with Crippen molar-refractivity contribution in [1.29, 1.82) is 0 Å². The Labute approximate surface area is 178 Å². The SMILES string of the molecule is CCc1c(/C(CC(N)C(=O)O)=C(\C)C(C)(C)C)cc(C(C)(C)C)cc1C(C)(C)C. The van der Waals surface area contributed by atoms with Crippen LogP contribution in [0.1, 0.15) is 105 Å². The molecule has 1 rings (SSSR count). The number of allylic oxidation sites excluding steroid dienone is 1. The van der Waals surface area contributed by atoms with Crippen molar-refractivity contribution in [2.45, 2.75) is 106 Å². The van der Waals surface area contributed by atoms with Gasteiger partial charge in [-0.15, -0.1) is 0 Å². The van der Waals surface area contributed by atoms with Gasteiger partial charge in [-0.25, -0.2) is 0 Å². The third-order valence-corrected chi connectivity index (χ3v) is 5.92. The lowest BCUT2D eigenvalue weighted by molar-refractivity contribution is -0.138. The minimum atomic E-state index is -0.953. The van der Waals surface area contributed by atoms with E-state index >= 15 is 0 Å². The number of hydrogen-bond donors (Lipinski definition) is 2. The van der Waals surface area contributed by atoms with Gasteiger partial charge in [0, 0.05) is 0 Å². The van der Waals surface area contributed by atoms with E-state index in [1.165, 1.54) is 27.8 Å². The van der Waals surface area contributed by atoms with E-state index in [0.717, 1.165) is 12.0 Å². The lowest BCUT2D eigenvalue weighted by atomic mass is 9.73. The normalized spacial score (nSPS) is 15.2. The summed E-state index contributed by atoms with van der Waals surface area (Å²) in [7, 11) is 0. The van der Waals surface area contributed by atoms with Gasteiger partial charge in [-0.3, -0.25) is 4.79 Å². The topological polar surface area (TPSA) is 63.3 Å². The van der Waals surface area contributed by atoms with Crippen molar-refractivity contribution >= 4 is 11.5 Å². The number of aliphatic carboxylic acids is 1. The summed E-state index contributed by atoms with van der Waals surface area (Å²) in [5, 5.41) is 9.51. The maximum absolute atomic E-state index is 11.6. The van der Waals surface area contributed by atoms with Crippen LogP contribution < -0.4 is 5.73 Å². The fourth-order valence-electron chi connectivity index (χ4n) is 3.65. The summed E-state index contributed by atoms with van der Waals surface area (Å²) in [6, 6.07) is 3.72. The average Bonchev–Trinajstić information content (AvgIpc) is 2.54. The lowest BCUT2D eigenvalue weighted by Gasteiger charge is -2.32. The molecule has 0 radical (unpaired) electrons. The monoisotopic (exact) mass is 401 g/mol. The maximum atomic E-state index is 11.6. The summed E-state index contributed by atoms with van der Waals surface area (Å²) in [6.07, 6.45) is 1.23. The van der Waals surface area contributed by atoms with Crippen molar-refractivity contribution in [2.75, 3.05) is 0 Å². The summed E-state index contributed by atoms with van der Waals surface area (Å²) in [5.74, 6) is -0.953. The van der Waals surface area contributed by atoms with Crippen LogP contribution in [-0.2, 0) is 22.0 Å². The van der Waals surface area contributed by atoms with Crippen LogP contribution in [0.2, 0.25) is 0 Å². The second-order valence-electron chi connectivity index (χ2n) is 11.4.